The monoisotopic (exact) mass is 300 g/mol. The second-order valence-electron chi connectivity index (χ2n) is 5.35. The molecule has 6 heteroatoms. The van der Waals surface area contributed by atoms with Gasteiger partial charge in [0.25, 0.3) is 5.56 Å². The molecule has 116 valence electrons. The van der Waals surface area contributed by atoms with Crippen molar-refractivity contribution in [3.05, 3.63) is 46.2 Å². The Balaban J connectivity index is 1.73. The third-order valence-electron chi connectivity index (χ3n) is 4.04. The van der Waals surface area contributed by atoms with Crippen LogP contribution in [-0.2, 0) is 6.42 Å². The van der Waals surface area contributed by atoms with Crippen molar-refractivity contribution in [2.24, 2.45) is 0 Å². The number of hydrogen-bond donors (Lipinski definition) is 2. The van der Waals surface area contributed by atoms with Crippen LogP contribution >= 0.6 is 0 Å². The van der Waals surface area contributed by atoms with Crippen LogP contribution in [0.15, 0.2) is 35.1 Å². The Labute approximate surface area is 129 Å². The lowest BCUT2D eigenvalue weighted by Gasteiger charge is -2.36. The van der Waals surface area contributed by atoms with Crippen molar-refractivity contribution >= 4 is 11.6 Å². The van der Waals surface area contributed by atoms with Gasteiger partial charge in [0.2, 0.25) is 11.8 Å². The lowest BCUT2D eigenvalue weighted by atomic mass is 10.2. The number of para-hydroxylation sites is 1. The van der Waals surface area contributed by atoms with Crippen molar-refractivity contribution < 1.29 is 5.11 Å². The summed E-state index contributed by atoms with van der Waals surface area (Å²) in [5.41, 5.74) is 1.29. The molecule has 0 aliphatic carbocycles. The van der Waals surface area contributed by atoms with E-state index in [2.05, 4.69) is 27.0 Å². The van der Waals surface area contributed by atoms with Crippen LogP contribution in [0.5, 0.6) is 5.88 Å². The molecule has 1 aromatic heterocycles. The van der Waals surface area contributed by atoms with Gasteiger partial charge in [-0.1, -0.05) is 25.1 Å². The third-order valence-corrected chi connectivity index (χ3v) is 4.04. The molecule has 0 radical (unpaired) electrons. The Morgan fingerprint density at radius 2 is 1.77 bits per heavy atom. The van der Waals surface area contributed by atoms with E-state index in [0.29, 0.717) is 17.9 Å². The number of nitrogens with zero attached hydrogens (tertiary/aromatic N) is 3. The second-order valence-corrected chi connectivity index (χ2v) is 5.35. The zero-order chi connectivity index (χ0) is 15.5. The highest BCUT2D eigenvalue weighted by atomic mass is 16.3. The molecule has 1 aromatic carbocycles. The summed E-state index contributed by atoms with van der Waals surface area (Å²) in [6.45, 7) is 5.03. The summed E-state index contributed by atoms with van der Waals surface area (Å²) in [4.78, 5) is 23.1. The molecule has 0 unspecified atom stereocenters. The zero-order valence-corrected chi connectivity index (χ0v) is 12.6. The van der Waals surface area contributed by atoms with E-state index in [1.807, 2.05) is 30.0 Å². The van der Waals surface area contributed by atoms with Gasteiger partial charge in [-0.3, -0.25) is 9.78 Å². The molecule has 1 aliphatic heterocycles. The van der Waals surface area contributed by atoms with Crippen molar-refractivity contribution in [2.75, 3.05) is 36.0 Å². The van der Waals surface area contributed by atoms with Gasteiger partial charge in [0.15, 0.2) is 0 Å². The van der Waals surface area contributed by atoms with E-state index in [1.165, 1.54) is 5.69 Å². The van der Waals surface area contributed by atoms with E-state index in [1.54, 1.807) is 0 Å². The first-order chi connectivity index (χ1) is 10.7. The van der Waals surface area contributed by atoms with E-state index in [9.17, 15) is 9.90 Å². The maximum absolute atomic E-state index is 11.9. The minimum Gasteiger partial charge on any atom is -0.493 e. The number of aromatic hydroxyl groups is 1. The van der Waals surface area contributed by atoms with Gasteiger partial charge >= 0.3 is 0 Å². The molecule has 2 N–H and O–H groups in total. The van der Waals surface area contributed by atoms with Gasteiger partial charge < -0.3 is 14.9 Å². The smallest absolute Gasteiger partial charge is 0.259 e. The standard InChI is InChI=1S/C16H20N4O2/c1-2-13-14(21)17-16(18-15(13)22)20-10-8-19(9-11-20)12-6-4-3-5-7-12/h3-7H,2,8-11H2,1H3,(H2,17,18,21,22). The molecule has 22 heavy (non-hydrogen) atoms. The molecule has 1 saturated heterocycles. The highest BCUT2D eigenvalue weighted by Crippen LogP contribution is 2.19. The second kappa shape index (κ2) is 6.09. The van der Waals surface area contributed by atoms with E-state index in [-0.39, 0.29) is 11.4 Å². The van der Waals surface area contributed by atoms with Crippen LogP contribution in [0.4, 0.5) is 11.6 Å². The summed E-state index contributed by atoms with van der Waals surface area (Å²) in [5, 5.41) is 9.86. The highest BCUT2D eigenvalue weighted by Gasteiger charge is 2.20. The fourth-order valence-electron chi connectivity index (χ4n) is 2.76. The molecule has 0 saturated carbocycles. The normalized spacial score (nSPS) is 15.1. The Kier molecular flexibility index (Phi) is 4.00. The van der Waals surface area contributed by atoms with Crippen LogP contribution in [-0.4, -0.2) is 41.3 Å². The largest absolute Gasteiger partial charge is 0.493 e. The van der Waals surface area contributed by atoms with E-state index in [4.69, 9.17) is 0 Å². The average molecular weight is 300 g/mol. The van der Waals surface area contributed by atoms with Gasteiger partial charge in [-0.15, -0.1) is 0 Å². The number of piperazine rings is 1. The Morgan fingerprint density at radius 1 is 1.14 bits per heavy atom. The number of aromatic nitrogens is 2. The van der Waals surface area contributed by atoms with E-state index < -0.39 is 0 Å². The van der Waals surface area contributed by atoms with Gasteiger partial charge in [0.05, 0.1) is 5.56 Å². The third kappa shape index (κ3) is 2.77. The summed E-state index contributed by atoms with van der Waals surface area (Å²) in [6.07, 6.45) is 0.468. The van der Waals surface area contributed by atoms with Crippen molar-refractivity contribution in [1.82, 2.24) is 9.97 Å². The van der Waals surface area contributed by atoms with Gasteiger partial charge in [0.1, 0.15) is 0 Å². The maximum Gasteiger partial charge on any atom is 0.259 e. The van der Waals surface area contributed by atoms with Gasteiger partial charge in [-0.2, -0.15) is 4.98 Å². The lowest BCUT2D eigenvalue weighted by molar-refractivity contribution is 0.442. The molecule has 3 rings (SSSR count). The maximum atomic E-state index is 11.9. The quantitative estimate of drug-likeness (QED) is 0.895. The summed E-state index contributed by atoms with van der Waals surface area (Å²) in [5.74, 6) is 0.291. The predicted molar refractivity (Wildman–Crippen MR) is 86.8 cm³/mol. The first kappa shape index (κ1) is 14.4. The topological polar surface area (TPSA) is 72.5 Å². The average Bonchev–Trinajstić information content (AvgIpc) is 2.55. The minimum absolute atomic E-state index is 0.160. The molecule has 0 bridgehead atoms. The van der Waals surface area contributed by atoms with Gasteiger partial charge in [-0.25, -0.2) is 0 Å². The first-order valence-electron chi connectivity index (χ1n) is 7.56. The summed E-state index contributed by atoms with van der Waals surface area (Å²) in [6, 6.07) is 10.3. The predicted octanol–water partition coefficient (Wildman–Crippen LogP) is 1.36. The first-order valence-corrected chi connectivity index (χ1v) is 7.56. The fourth-order valence-corrected chi connectivity index (χ4v) is 2.76. The molecule has 1 fully saturated rings. The van der Waals surface area contributed by atoms with Gasteiger partial charge in [-0.05, 0) is 18.6 Å². The highest BCUT2D eigenvalue weighted by molar-refractivity contribution is 5.48. The number of aromatic amines is 1. The number of rotatable bonds is 3. The van der Waals surface area contributed by atoms with Crippen molar-refractivity contribution in [2.45, 2.75) is 13.3 Å². The molecule has 0 spiro atoms. The van der Waals surface area contributed by atoms with Crippen LogP contribution in [0.1, 0.15) is 12.5 Å². The summed E-state index contributed by atoms with van der Waals surface area (Å²) >= 11 is 0. The van der Waals surface area contributed by atoms with Crippen LogP contribution in [0.2, 0.25) is 0 Å². The number of H-pyrrole nitrogens is 1. The van der Waals surface area contributed by atoms with E-state index >= 15 is 0 Å². The molecular formula is C16H20N4O2. The summed E-state index contributed by atoms with van der Waals surface area (Å²) in [7, 11) is 0. The van der Waals surface area contributed by atoms with Crippen LogP contribution in [0, 0.1) is 0 Å². The van der Waals surface area contributed by atoms with Gasteiger partial charge in [0, 0.05) is 31.9 Å². The van der Waals surface area contributed by atoms with Crippen molar-refractivity contribution in [3.63, 3.8) is 0 Å². The van der Waals surface area contributed by atoms with Crippen LogP contribution < -0.4 is 15.4 Å². The van der Waals surface area contributed by atoms with Crippen LogP contribution in [0.3, 0.4) is 0 Å². The van der Waals surface area contributed by atoms with Crippen molar-refractivity contribution in [1.29, 1.82) is 0 Å². The number of nitrogens with one attached hydrogen (secondary N) is 1. The van der Waals surface area contributed by atoms with Crippen LogP contribution in [0.25, 0.3) is 0 Å². The SMILES string of the molecule is CCc1c(O)nc(N2CCN(c3ccccc3)CC2)[nH]c1=O. The molecule has 0 amide bonds. The molecule has 1 aliphatic rings. The number of anilines is 2. The fraction of sp³-hybridized carbons (Fsp3) is 0.375. The lowest BCUT2D eigenvalue weighted by Crippen LogP contribution is -2.47. The zero-order valence-electron chi connectivity index (χ0n) is 12.6. The molecular weight excluding hydrogens is 280 g/mol. The Hall–Kier alpha value is -2.50. The number of hydrogen-bond acceptors (Lipinski definition) is 5. The Bertz CT molecular complexity index is 691. The molecule has 2 heterocycles. The molecule has 2 aromatic rings. The van der Waals surface area contributed by atoms with Crippen molar-refractivity contribution in [3.8, 4) is 5.88 Å². The Morgan fingerprint density at radius 3 is 2.36 bits per heavy atom. The minimum atomic E-state index is -0.254. The number of benzene rings is 1. The molecule has 0 atom stereocenters. The molecule has 6 nitrogen and oxygen atoms in total. The van der Waals surface area contributed by atoms with E-state index in [0.717, 1.165) is 26.2 Å². The summed E-state index contributed by atoms with van der Waals surface area (Å²) < 4.78 is 0.